The molecule has 2 aromatic carbocycles. The quantitative estimate of drug-likeness (QED) is 0.563. The minimum Gasteiger partial charge on any atom is -0.252 e. The molecule has 0 fully saturated rings. The van der Waals surface area contributed by atoms with Gasteiger partial charge in [-0.15, -0.1) is 0 Å². The first kappa shape index (κ1) is 16.3. The number of aliphatic imine (C=N–C) groups is 2. The van der Waals surface area contributed by atoms with Crippen molar-refractivity contribution in [1.82, 2.24) is 0 Å². The van der Waals surface area contributed by atoms with Gasteiger partial charge in [0, 0.05) is 16.5 Å². The first-order chi connectivity index (χ1) is 9.29. The zero-order valence-electron chi connectivity index (χ0n) is 11.7. The average Bonchev–Trinajstić information content (AvgIpc) is 2.47. The van der Waals surface area contributed by atoms with Crippen LogP contribution >= 0.6 is 0 Å². The monoisotopic (exact) mass is 308 g/mol. The second-order valence-corrected chi connectivity index (χ2v) is 4.28. The normalized spacial score (nSPS) is 11.9. The Labute approximate surface area is 130 Å². The van der Waals surface area contributed by atoms with Crippen LogP contribution in [0, 0.1) is 0 Å². The van der Waals surface area contributed by atoms with Gasteiger partial charge in [-0.3, -0.25) is 9.98 Å². The van der Waals surface area contributed by atoms with Crippen molar-refractivity contribution >= 4 is 22.8 Å². The van der Waals surface area contributed by atoms with Crippen LogP contribution in [0.2, 0.25) is 0 Å². The van der Waals surface area contributed by atoms with E-state index in [0.29, 0.717) is 0 Å². The molecule has 0 N–H and O–H groups in total. The van der Waals surface area contributed by atoms with Gasteiger partial charge < -0.3 is 0 Å². The zero-order chi connectivity index (χ0) is 13.5. The predicted molar refractivity (Wildman–Crippen MR) is 83.0 cm³/mol. The van der Waals surface area contributed by atoms with E-state index in [2.05, 4.69) is 16.9 Å². The SMILES string of the molecule is CCC(=N\c1ccccc1)/C(C)=N/c1ccccc1.[Ni]. The first-order valence-corrected chi connectivity index (χ1v) is 6.53. The summed E-state index contributed by atoms with van der Waals surface area (Å²) >= 11 is 0. The van der Waals surface area contributed by atoms with Crippen LogP contribution in [0.4, 0.5) is 11.4 Å². The van der Waals surface area contributed by atoms with E-state index in [4.69, 9.17) is 0 Å². The smallest absolute Gasteiger partial charge is 0.0633 e. The Morgan fingerprint density at radius 2 is 1.25 bits per heavy atom. The molecule has 0 heterocycles. The summed E-state index contributed by atoms with van der Waals surface area (Å²) in [5, 5.41) is 0. The third-order valence-electron chi connectivity index (χ3n) is 2.83. The van der Waals surface area contributed by atoms with Gasteiger partial charge in [-0.25, -0.2) is 0 Å². The molecule has 0 bridgehead atoms. The summed E-state index contributed by atoms with van der Waals surface area (Å²) < 4.78 is 0. The molecule has 0 saturated heterocycles. The molecule has 20 heavy (non-hydrogen) atoms. The third-order valence-corrected chi connectivity index (χ3v) is 2.83. The van der Waals surface area contributed by atoms with Crippen molar-refractivity contribution in [2.24, 2.45) is 9.98 Å². The Bertz CT molecular complexity index is 574. The molecule has 2 rings (SSSR count). The molecule has 0 aliphatic carbocycles. The van der Waals surface area contributed by atoms with Crippen molar-refractivity contribution in [3.63, 3.8) is 0 Å². The third kappa shape index (κ3) is 4.75. The van der Waals surface area contributed by atoms with E-state index >= 15 is 0 Å². The van der Waals surface area contributed by atoms with Gasteiger partial charge in [0.2, 0.25) is 0 Å². The Balaban J connectivity index is 0.00000200. The maximum atomic E-state index is 4.66. The van der Waals surface area contributed by atoms with Gasteiger partial charge in [-0.2, -0.15) is 0 Å². The van der Waals surface area contributed by atoms with E-state index in [0.717, 1.165) is 29.2 Å². The van der Waals surface area contributed by atoms with Gasteiger partial charge in [0.25, 0.3) is 0 Å². The molecular weight excluding hydrogens is 291 g/mol. The van der Waals surface area contributed by atoms with Gasteiger partial charge in [0.05, 0.1) is 22.8 Å². The summed E-state index contributed by atoms with van der Waals surface area (Å²) in [7, 11) is 0. The molecule has 0 unspecified atom stereocenters. The molecule has 0 aliphatic rings. The molecule has 0 aliphatic heterocycles. The summed E-state index contributed by atoms with van der Waals surface area (Å²) in [5.41, 5.74) is 3.93. The number of nitrogens with zero attached hydrogens (tertiary/aromatic N) is 2. The van der Waals surface area contributed by atoms with Crippen molar-refractivity contribution in [1.29, 1.82) is 0 Å². The van der Waals surface area contributed by atoms with Crippen LogP contribution in [0.15, 0.2) is 70.6 Å². The Kier molecular flexibility index (Phi) is 6.89. The molecule has 0 radical (unpaired) electrons. The summed E-state index contributed by atoms with van der Waals surface area (Å²) in [6, 6.07) is 20.0. The summed E-state index contributed by atoms with van der Waals surface area (Å²) in [6.45, 7) is 4.12. The fraction of sp³-hybridized carbons (Fsp3) is 0.176. The number of hydrogen-bond donors (Lipinski definition) is 0. The van der Waals surface area contributed by atoms with E-state index in [1.54, 1.807) is 0 Å². The topological polar surface area (TPSA) is 24.7 Å². The number of hydrogen-bond acceptors (Lipinski definition) is 2. The molecule has 3 heteroatoms. The molecular formula is C17H18N2Ni. The van der Waals surface area contributed by atoms with Gasteiger partial charge in [0.15, 0.2) is 0 Å². The van der Waals surface area contributed by atoms with E-state index in [9.17, 15) is 0 Å². The summed E-state index contributed by atoms with van der Waals surface area (Å²) in [6.07, 6.45) is 0.872. The molecule has 0 spiro atoms. The molecule has 2 nitrogen and oxygen atoms in total. The molecule has 0 atom stereocenters. The Hall–Kier alpha value is -1.73. The van der Waals surface area contributed by atoms with E-state index in [-0.39, 0.29) is 16.5 Å². The van der Waals surface area contributed by atoms with Crippen molar-refractivity contribution in [2.75, 3.05) is 0 Å². The van der Waals surface area contributed by atoms with Crippen molar-refractivity contribution in [2.45, 2.75) is 20.3 Å². The van der Waals surface area contributed by atoms with Crippen molar-refractivity contribution < 1.29 is 16.5 Å². The van der Waals surface area contributed by atoms with Crippen LogP contribution < -0.4 is 0 Å². The molecule has 106 valence electrons. The van der Waals surface area contributed by atoms with Gasteiger partial charge in [0.1, 0.15) is 0 Å². The standard InChI is InChI=1S/C17H18N2.Ni/c1-3-17(19-16-12-8-5-9-13-16)14(2)18-15-10-6-4-7-11-15;/h4-13H,3H2,1-2H3;/b18-14+,19-17+;. The maximum absolute atomic E-state index is 4.66. The van der Waals surface area contributed by atoms with Gasteiger partial charge >= 0.3 is 0 Å². The number of benzene rings is 2. The van der Waals surface area contributed by atoms with Gasteiger partial charge in [-0.1, -0.05) is 43.3 Å². The largest absolute Gasteiger partial charge is 0.252 e. The maximum Gasteiger partial charge on any atom is 0.0633 e. The summed E-state index contributed by atoms with van der Waals surface area (Å²) in [5.74, 6) is 0. The van der Waals surface area contributed by atoms with Crippen molar-refractivity contribution in [3.05, 3.63) is 60.7 Å². The van der Waals surface area contributed by atoms with Crippen LogP contribution in [0.25, 0.3) is 0 Å². The second-order valence-electron chi connectivity index (χ2n) is 4.28. The van der Waals surface area contributed by atoms with E-state index in [1.807, 2.05) is 67.6 Å². The number of para-hydroxylation sites is 2. The molecule has 0 saturated carbocycles. The van der Waals surface area contributed by atoms with Gasteiger partial charge in [-0.05, 0) is 37.6 Å². The Morgan fingerprint density at radius 1 is 0.800 bits per heavy atom. The summed E-state index contributed by atoms with van der Waals surface area (Å²) in [4.78, 5) is 9.27. The number of rotatable bonds is 4. The first-order valence-electron chi connectivity index (χ1n) is 6.53. The zero-order valence-corrected chi connectivity index (χ0v) is 12.7. The van der Waals surface area contributed by atoms with E-state index in [1.165, 1.54) is 0 Å². The van der Waals surface area contributed by atoms with Crippen LogP contribution in [0.5, 0.6) is 0 Å². The van der Waals surface area contributed by atoms with Crippen LogP contribution in [0.3, 0.4) is 0 Å². The minimum absolute atomic E-state index is 0. The fourth-order valence-electron chi connectivity index (χ4n) is 1.83. The predicted octanol–water partition coefficient (Wildman–Crippen LogP) is 4.96. The minimum atomic E-state index is 0. The Morgan fingerprint density at radius 3 is 1.70 bits per heavy atom. The van der Waals surface area contributed by atoms with E-state index < -0.39 is 0 Å². The van der Waals surface area contributed by atoms with Crippen LogP contribution in [0.1, 0.15) is 20.3 Å². The molecule has 2 aromatic rings. The average molecular weight is 309 g/mol. The van der Waals surface area contributed by atoms with Crippen LogP contribution in [-0.4, -0.2) is 11.4 Å². The fourth-order valence-corrected chi connectivity index (χ4v) is 1.83. The molecule has 0 amide bonds. The molecule has 0 aromatic heterocycles. The van der Waals surface area contributed by atoms with Crippen LogP contribution in [-0.2, 0) is 16.5 Å². The van der Waals surface area contributed by atoms with Crippen molar-refractivity contribution in [3.8, 4) is 0 Å². The second kappa shape index (κ2) is 8.45.